The largest absolute Gasteiger partial charge is 0.501 e. The summed E-state index contributed by atoms with van der Waals surface area (Å²) >= 11 is 0. The molecule has 1 aliphatic heterocycles. The summed E-state index contributed by atoms with van der Waals surface area (Å²) in [5.41, 5.74) is 4.74. The summed E-state index contributed by atoms with van der Waals surface area (Å²) in [7, 11) is 0. The van der Waals surface area contributed by atoms with Gasteiger partial charge in [0.15, 0.2) is 0 Å². The van der Waals surface area contributed by atoms with Gasteiger partial charge in [-0.3, -0.25) is 11.3 Å². The summed E-state index contributed by atoms with van der Waals surface area (Å²) in [6.07, 6.45) is 5.42. The molecule has 2 aliphatic rings. The molecule has 1 heterocycles. The zero-order valence-corrected chi connectivity index (χ0v) is 9.05. The molecule has 80 valence electrons. The highest BCUT2D eigenvalue weighted by Crippen LogP contribution is 2.55. The average Bonchev–Trinajstić information content (AvgIpc) is 2.78. The molecule has 0 radical (unpaired) electrons. The SMILES string of the molecule is CC1(C)CC1C(NN)C1=COCCC1. The minimum atomic E-state index is 0.324. The zero-order valence-electron chi connectivity index (χ0n) is 9.05. The fraction of sp³-hybridized carbons (Fsp3) is 0.818. The van der Waals surface area contributed by atoms with Crippen molar-refractivity contribution in [1.29, 1.82) is 0 Å². The van der Waals surface area contributed by atoms with E-state index in [1.165, 1.54) is 12.0 Å². The molecule has 1 aliphatic carbocycles. The molecule has 3 heteroatoms. The number of ether oxygens (including phenoxy) is 1. The molecule has 2 unspecified atom stereocenters. The number of hydrogen-bond donors (Lipinski definition) is 2. The minimum absolute atomic E-state index is 0.324. The topological polar surface area (TPSA) is 47.3 Å². The first-order valence-corrected chi connectivity index (χ1v) is 5.42. The summed E-state index contributed by atoms with van der Waals surface area (Å²) < 4.78 is 5.35. The predicted molar refractivity (Wildman–Crippen MR) is 56.3 cm³/mol. The number of nitrogens with two attached hydrogens (primary N) is 1. The maximum Gasteiger partial charge on any atom is 0.0876 e. The van der Waals surface area contributed by atoms with Gasteiger partial charge < -0.3 is 4.74 Å². The Morgan fingerprint density at radius 3 is 2.79 bits per heavy atom. The van der Waals surface area contributed by atoms with Gasteiger partial charge in [0.1, 0.15) is 0 Å². The maximum absolute atomic E-state index is 5.62. The number of nitrogens with one attached hydrogen (secondary N) is 1. The van der Waals surface area contributed by atoms with Crippen LogP contribution in [0.3, 0.4) is 0 Å². The van der Waals surface area contributed by atoms with E-state index in [1.54, 1.807) is 0 Å². The monoisotopic (exact) mass is 196 g/mol. The van der Waals surface area contributed by atoms with Crippen LogP contribution in [0.15, 0.2) is 11.8 Å². The Kier molecular flexibility index (Phi) is 2.54. The third kappa shape index (κ3) is 1.79. The van der Waals surface area contributed by atoms with Crippen molar-refractivity contribution in [3.63, 3.8) is 0 Å². The van der Waals surface area contributed by atoms with Gasteiger partial charge >= 0.3 is 0 Å². The Balaban J connectivity index is 2.03. The summed E-state index contributed by atoms with van der Waals surface area (Å²) in [6, 6.07) is 0.324. The Labute approximate surface area is 85.7 Å². The standard InChI is InChI=1S/C11H20N2O/c1-11(2)6-9(11)10(13-12)8-4-3-5-14-7-8/h7,9-10,13H,3-6,12H2,1-2H3. The van der Waals surface area contributed by atoms with Gasteiger partial charge in [-0.1, -0.05) is 13.8 Å². The molecule has 2 atom stereocenters. The molecule has 2 rings (SSSR count). The molecule has 1 saturated carbocycles. The van der Waals surface area contributed by atoms with Crippen LogP contribution in [-0.2, 0) is 4.74 Å². The summed E-state index contributed by atoms with van der Waals surface area (Å²) in [5.74, 6) is 6.30. The van der Waals surface area contributed by atoms with E-state index in [0.29, 0.717) is 17.4 Å². The molecule has 0 amide bonds. The normalized spacial score (nSPS) is 31.6. The quantitative estimate of drug-likeness (QED) is 0.532. The lowest BCUT2D eigenvalue weighted by atomic mass is 9.94. The highest BCUT2D eigenvalue weighted by Gasteiger charge is 2.50. The lowest BCUT2D eigenvalue weighted by Gasteiger charge is -2.23. The lowest BCUT2D eigenvalue weighted by molar-refractivity contribution is 0.216. The average molecular weight is 196 g/mol. The Morgan fingerprint density at radius 2 is 2.36 bits per heavy atom. The van der Waals surface area contributed by atoms with Crippen molar-refractivity contribution in [1.82, 2.24) is 5.43 Å². The van der Waals surface area contributed by atoms with Gasteiger partial charge in [0.25, 0.3) is 0 Å². The van der Waals surface area contributed by atoms with Gasteiger partial charge in [-0.25, -0.2) is 0 Å². The van der Waals surface area contributed by atoms with Gasteiger partial charge in [0.05, 0.1) is 12.9 Å². The highest BCUT2D eigenvalue weighted by atomic mass is 16.5. The van der Waals surface area contributed by atoms with Crippen molar-refractivity contribution in [2.45, 2.75) is 39.2 Å². The molecule has 0 aromatic carbocycles. The first-order valence-electron chi connectivity index (χ1n) is 5.42. The van der Waals surface area contributed by atoms with E-state index < -0.39 is 0 Å². The van der Waals surface area contributed by atoms with Crippen molar-refractivity contribution in [2.75, 3.05) is 6.61 Å². The van der Waals surface area contributed by atoms with Crippen molar-refractivity contribution < 1.29 is 4.74 Å². The Morgan fingerprint density at radius 1 is 1.64 bits per heavy atom. The molecule has 0 spiro atoms. The zero-order chi connectivity index (χ0) is 10.2. The third-order valence-electron chi connectivity index (χ3n) is 3.53. The fourth-order valence-electron chi connectivity index (χ4n) is 2.37. The Hall–Kier alpha value is -0.540. The van der Waals surface area contributed by atoms with Crippen LogP contribution in [0.25, 0.3) is 0 Å². The lowest BCUT2D eigenvalue weighted by Crippen LogP contribution is -2.40. The second-order valence-electron chi connectivity index (χ2n) is 5.11. The van der Waals surface area contributed by atoms with E-state index in [4.69, 9.17) is 10.6 Å². The molecule has 3 nitrogen and oxygen atoms in total. The van der Waals surface area contributed by atoms with Crippen LogP contribution in [0.4, 0.5) is 0 Å². The van der Waals surface area contributed by atoms with Crippen LogP contribution in [0.2, 0.25) is 0 Å². The van der Waals surface area contributed by atoms with E-state index in [1.807, 2.05) is 6.26 Å². The molecule has 0 aromatic rings. The number of hydrogen-bond acceptors (Lipinski definition) is 3. The van der Waals surface area contributed by atoms with Crippen molar-refractivity contribution in [3.05, 3.63) is 11.8 Å². The van der Waals surface area contributed by atoms with Crippen LogP contribution in [0.1, 0.15) is 33.1 Å². The first kappa shape index (κ1) is 9.99. The smallest absolute Gasteiger partial charge is 0.0876 e. The molecular weight excluding hydrogens is 176 g/mol. The van der Waals surface area contributed by atoms with Gasteiger partial charge in [-0.2, -0.15) is 0 Å². The van der Waals surface area contributed by atoms with E-state index >= 15 is 0 Å². The van der Waals surface area contributed by atoms with Crippen LogP contribution >= 0.6 is 0 Å². The van der Waals surface area contributed by atoms with Crippen molar-refractivity contribution >= 4 is 0 Å². The first-order chi connectivity index (χ1) is 6.65. The Bertz CT molecular complexity index is 248. The van der Waals surface area contributed by atoms with E-state index in [0.717, 1.165) is 19.4 Å². The number of rotatable bonds is 3. The van der Waals surface area contributed by atoms with Crippen LogP contribution < -0.4 is 11.3 Å². The third-order valence-corrected chi connectivity index (χ3v) is 3.53. The molecular formula is C11H20N2O. The molecule has 1 fully saturated rings. The predicted octanol–water partition coefficient (Wildman–Crippen LogP) is 1.56. The summed E-state index contributed by atoms with van der Waals surface area (Å²) in [6.45, 7) is 5.45. The molecule has 0 aromatic heterocycles. The van der Waals surface area contributed by atoms with E-state index in [2.05, 4.69) is 19.3 Å². The van der Waals surface area contributed by atoms with Crippen molar-refractivity contribution in [2.24, 2.45) is 17.2 Å². The minimum Gasteiger partial charge on any atom is -0.501 e. The molecule has 3 N–H and O–H groups in total. The summed E-state index contributed by atoms with van der Waals surface area (Å²) in [4.78, 5) is 0. The van der Waals surface area contributed by atoms with E-state index in [-0.39, 0.29) is 0 Å². The highest BCUT2D eigenvalue weighted by molar-refractivity contribution is 5.18. The van der Waals surface area contributed by atoms with Gasteiger partial charge in [0, 0.05) is 6.04 Å². The second-order valence-corrected chi connectivity index (χ2v) is 5.11. The van der Waals surface area contributed by atoms with Crippen LogP contribution in [0, 0.1) is 11.3 Å². The maximum atomic E-state index is 5.62. The van der Waals surface area contributed by atoms with E-state index in [9.17, 15) is 0 Å². The van der Waals surface area contributed by atoms with Crippen molar-refractivity contribution in [3.8, 4) is 0 Å². The second kappa shape index (κ2) is 3.55. The van der Waals surface area contributed by atoms with Gasteiger partial charge in [-0.05, 0) is 36.2 Å². The van der Waals surface area contributed by atoms with Gasteiger partial charge in [0.2, 0.25) is 0 Å². The van der Waals surface area contributed by atoms with Crippen LogP contribution in [-0.4, -0.2) is 12.6 Å². The fourth-order valence-corrected chi connectivity index (χ4v) is 2.37. The van der Waals surface area contributed by atoms with Crippen LogP contribution in [0.5, 0.6) is 0 Å². The molecule has 0 bridgehead atoms. The molecule has 14 heavy (non-hydrogen) atoms. The van der Waals surface area contributed by atoms with Gasteiger partial charge in [-0.15, -0.1) is 0 Å². The molecule has 0 saturated heterocycles. The number of hydrazine groups is 1. The summed E-state index contributed by atoms with van der Waals surface area (Å²) in [5, 5.41) is 0.